The van der Waals surface area contributed by atoms with Crippen molar-refractivity contribution in [2.45, 2.75) is 52.5 Å². The molecule has 1 aromatic carbocycles. The summed E-state index contributed by atoms with van der Waals surface area (Å²) in [6.07, 6.45) is 5.31. The number of carbonyl (C=O) groups is 1. The molecule has 6 heteroatoms. The molecule has 0 saturated carbocycles. The summed E-state index contributed by atoms with van der Waals surface area (Å²) >= 11 is 0. The molecular weight excluding hydrogens is 316 g/mol. The minimum absolute atomic E-state index is 0.0282. The van der Waals surface area contributed by atoms with Crippen LogP contribution in [-0.2, 0) is 24.2 Å². The molecule has 25 heavy (non-hydrogen) atoms. The molecule has 0 aliphatic carbocycles. The highest BCUT2D eigenvalue weighted by Crippen LogP contribution is 2.16. The number of hydrogen-bond donors (Lipinski definition) is 1. The van der Waals surface area contributed by atoms with Gasteiger partial charge in [0.1, 0.15) is 17.4 Å². The minimum atomic E-state index is -0.117. The molecule has 1 aromatic heterocycles. The van der Waals surface area contributed by atoms with Crippen LogP contribution < -0.4 is 10.1 Å². The van der Waals surface area contributed by atoms with Crippen LogP contribution in [0, 0.1) is 13.8 Å². The zero-order chi connectivity index (χ0) is 17.6. The Hall–Kier alpha value is -2.37. The lowest BCUT2D eigenvalue weighted by atomic mass is 10.1. The van der Waals surface area contributed by atoms with Gasteiger partial charge in [0.15, 0.2) is 6.61 Å². The number of carbonyl (C=O) groups excluding carboxylic acids is 1. The van der Waals surface area contributed by atoms with Crippen molar-refractivity contribution in [1.29, 1.82) is 0 Å². The minimum Gasteiger partial charge on any atom is -0.484 e. The third-order valence-corrected chi connectivity index (χ3v) is 4.71. The van der Waals surface area contributed by atoms with Crippen LogP contribution in [0.4, 0.5) is 0 Å². The standard InChI is InChI=1S/C19H26N4O2/c1-14-7-8-16(12-15(14)2)25-13-19(24)20-10-9-18-22-21-17-6-4-3-5-11-23(17)18/h7-8,12H,3-6,9-11,13H2,1-2H3,(H,20,24). The van der Waals surface area contributed by atoms with Gasteiger partial charge >= 0.3 is 0 Å². The molecule has 0 atom stereocenters. The van der Waals surface area contributed by atoms with E-state index in [-0.39, 0.29) is 12.5 Å². The monoisotopic (exact) mass is 342 g/mol. The Labute approximate surface area is 148 Å². The first-order chi connectivity index (χ1) is 12.1. The second-order valence-electron chi connectivity index (χ2n) is 6.63. The van der Waals surface area contributed by atoms with Gasteiger partial charge in [-0.25, -0.2) is 0 Å². The van der Waals surface area contributed by atoms with E-state index in [2.05, 4.69) is 27.0 Å². The Kier molecular flexibility index (Phi) is 5.68. The normalized spacial score (nSPS) is 13.8. The Balaban J connectivity index is 1.43. The van der Waals surface area contributed by atoms with E-state index in [1.807, 2.05) is 25.1 Å². The number of aryl methyl sites for hydroxylation is 3. The van der Waals surface area contributed by atoms with Gasteiger partial charge in [-0.15, -0.1) is 10.2 Å². The molecule has 6 nitrogen and oxygen atoms in total. The van der Waals surface area contributed by atoms with Gasteiger partial charge < -0.3 is 14.6 Å². The molecule has 2 heterocycles. The number of amides is 1. The number of ether oxygens (including phenoxy) is 1. The SMILES string of the molecule is Cc1ccc(OCC(=O)NCCc2nnc3n2CCCCC3)cc1C. The fourth-order valence-corrected chi connectivity index (χ4v) is 3.05. The smallest absolute Gasteiger partial charge is 0.257 e. The highest BCUT2D eigenvalue weighted by molar-refractivity contribution is 5.77. The lowest BCUT2D eigenvalue weighted by molar-refractivity contribution is -0.123. The summed E-state index contributed by atoms with van der Waals surface area (Å²) in [6.45, 7) is 5.65. The number of rotatable bonds is 6. The number of nitrogens with zero attached hydrogens (tertiary/aromatic N) is 3. The first kappa shape index (κ1) is 17.5. The Morgan fingerprint density at radius 2 is 2.08 bits per heavy atom. The number of fused-ring (bicyclic) bond motifs is 1. The van der Waals surface area contributed by atoms with Gasteiger partial charge in [-0.05, 0) is 49.9 Å². The van der Waals surface area contributed by atoms with Crippen molar-refractivity contribution in [2.24, 2.45) is 0 Å². The predicted molar refractivity (Wildman–Crippen MR) is 95.7 cm³/mol. The Bertz CT molecular complexity index is 739. The number of nitrogens with one attached hydrogen (secondary N) is 1. The van der Waals surface area contributed by atoms with Crippen LogP contribution >= 0.6 is 0 Å². The van der Waals surface area contributed by atoms with Gasteiger partial charge in [0.05, 0.1) is 0 Å². The highest BCUT2D eigenvalue weighted by Gasteiger charge is 2.14. The summed E-state index contributed by atoms with van der Waals surface area (Å²) in [7, 11) is 0. The molecule has 0 radical (unpaired) electrons. The van der Waals surface area contributed by atoms with E-state index in [1.54, 1.807) is 0 Å². The van der Waals surface area contributed by atoms with Gasteiger partial charge in [-0.1, -0.05) is 12.5 Å². The molecule has 0 fully saturated rings. The van der Waals surface area contributed by atoms with Crippen molar-refractivity contribution in [3.63, 3.8) is 0 Å². The van der Waals surface area contributed by atoms with Crippen molar-refractivity contribution in [3.8, 4) is 5.75 Å². The molecule has 0 bridgehead atoms. The third kappa shape index (κ3) is 4.59. The first-order valence-electron chi connectivity index (χ1n) is 9.01. The van der Waals surface area contributed by atoms with Crippen molar-refractivity contribution < 1.29 is 9.53 Å². The molecule has 0 spiro atoms. The van der Waals surface area contributed by atoms with Crippen LogP contribution in [0.5, 0.6) is 5.75 Å². The number of hydrogen-bond acceptors (Lipinski definition) is 4. The van der Waals surface area contributed by atoms with Crippen LogP contribution in [0.25, 0.3) is 0 Å². The van der Waals surface area contributed by atoms with E-state index in [4.69, 9.17) is 4.74 Å². The van der Waals surface area contributed by atoms with Crippen molar-refractivity contribution in [3.05, 3.63) is 41.0 Å². The maximum Gasteiger partial charge on any atom is 0.257 e. The lowest BCUT2D eigenvalue weighted by Gasteiger charge is -2.10. The molecule has 1 aliphatic heterocycles. The summed E-state index contributed by atoms with van der Waals surface area (Å²) in [5, 5.41) is 11.5. The zero-order valence-electron chi connectivity index (χ0n) is 15.0. The van der Waals surface area contributed by atoms with E-state index in [0.717, 1.165) is 35.9 Å². The van der Waals surface area contributed by atoms with Crippen molar-refractivity contribution in [2.75, 3.05) is 13.2 Å². The molecular formula is C19H26N4O2. The van der Waals surface area contributed by atoms with Gasteiger partial charge in [-0.2, -0.15) is 0 Å². The van der Waals surface area contributed by atoms with Gasteiger partial charge in [-0.3, -0.25) is 4.79 Å². The molecule has 1 N–H and O–H groups in total. The van der Waals surface area contributed by atoms with Crippen LogP contribution in [0.1, 0.15) is 42.0 Å². The van der Waals surface area contributed by atoms with Crippen LogP contribution in [-0.4, -0.2) is 33.8 Å². The van der Waals surface area contributed by atoms with Gasteiger partial charge in [0.2, 0.25) is 0 Å². The molecule has 134 valence electrons. The fraction of sp³-hybridized carbons (Fsp3) is 0.526. The Morgan fingerprint density at radius 3 is 2.92 bits per heavy atom. The number of aromatic nitrogens is 3. The molecule has 2 aromatic rings. The van der Waals surface area contributed by atoms with Gasteiger partial charge in [0.25, 0.3) is 5.91 Å². The highest BCUT2D eigenvalue weighted by atomic mass is 16.5. The van der Waals surface area contributed by atoms with Crippen LogP contribution in [0.3, 0.4) is 0 Å². The molecule has 3 rings (SSSR count). The molecule has 0 unspecified atom stereocenters. The van der Waals surface area contributed by atoms with E-state index in [9.17, 15) is 4.79 Å². The number of benzene rings is 1. The average molecular weight is 342 g/mol. The van der Waals surface area contributed by atoms with E-state index < -0.39 is 0 Å². The van der Waals surface area contributed by atoms with E-state index >= 15 is 0 Å². The summed E-state index contributed by atoms with van der Waals surface area (Å²) in [4.78, 5) is 12.0. The molecule has 0 saturated heterocycles. The summed E-state index contributed by atoms with van der Waals surface area (Å²) < 4.78 is 7.77. The van der Waals surface area contributed by atoms with Crippen LogP contribution in [0.15, 0.2) is 18.2 Å². The molecule has 1 aliphatic rings. The lowest BCUT2D eigenvalue weighted by Crippen LogP contribution is -2.31. The second-order valence-corrected chi connectivity index (χ2v) is 6.63. The maximum absolute atomic E-state index is 12.0. The second kappa shape index (κ2) is 8.14. The van der Waals surface area contributed by atoms with Crippen molar-refractivity contribution in [1.82, 2.24) is 20.1 Å². The predicted octanol–water partition coefficient (Wildman–Crippen LogP) is 2.36. The van der Waals surface area contributed by atoms with E-state index in [0.29, 0.717) is 13.0 Å². The summed E-state index contributed by atoms with van der Waals surface area (Å²) in [5.41, 5.74) is 2.37. The van der Waals surface area contributed by atoms with Gasteiger partial charge in [0, 0.05) is 25.9 Å². The Morgan fingerprint density at radius 1 is 1.20 bits per heavy atom. The zero-order valence-corrected chi connectivity index (χ0v) is 15.0. The summed E-state index contributed by atoms with van der Waals surface area (Å²) in [6, 6.07) is 5.84. The van der Waals surface area contributed by atoms with Crippen LogP contribution in [0.2, 0.25) is 0 Å². The first-order valence-corrected chi connectivity index (χ1v) is 9.01. The van der Waals surface area contributed by atoms with Crippen molar-refractivity contribution >= 4 is 5.91 Å². The third-order valence-electron chi connectivity index (χ3n) is 4.71. The fourth-order valence-electron chi connectivity index (χ4n) is 3.05. The quantitative estimate of drug-likeness (QED) is 0.875. The molecule has 1 amide bonds. The average Bonchev–Trinajstić information content (AvgIpc) is 2.83. The summed E-state index contributed by atoms with van der Waals surface area (Å²) in [5.74, 6) is 2.65. The topological polar surface area (TPSA) is 69.0 Å². The maximum atomic E-state index is 12.0. The van der Waals surface area contributed by atoms with E-state index in [1.165, 1.54) is 24.8 Å². The largest absolute Gasteiger partial charge is 0.484 e.